The maximum absolute atomic E-state index is 11.8. The third kappa shape index (κ3) is 5.41. The average molecular weight is 397 g/mol. The zero-order chi connectivity index (χ0) is 20.6. The number of benzene rings is 1. The number of phenolic OH excluding ortho intramolecular Hbond substituents is 1. The predicted molar refractivity (Wildman–Crippen MR) is 109 cm³/mol. The second kappa shape index (κ2) is 9.49. The quantitative estimate of drug-likeness (QED) is 0.440. The Labute approximate surface area is 168 Å². The molecule has 0 bridgehead atoms. The van der Waals surface area contributed by atoms with Gasteiger partial charge in [0.1, 0.15) is 17.3 Å². The number of hydrogen-bond acceptors (Lipinski definition) is 8. The first-order chi connectivity index (χ1) is 14.1. The standard InChI is InChI=1S/C19H23N7O3/c1-2-29-19(28)26-9-7-25(8-10-26)17-13-21-12-16(23-17)18(20)24-22-11-14-3-5-15(27)6-4-14/h3-6,11-13,27H,2,7-10H2,1H3,(H2,20,24)/b22-11+. The second-order valence-electron chi connectivity index (χ2n) is 6.26. The van der Waals surface area contributed by atoms with Gasteiger partial charge in [-0.2, -0.15) is 5.10 Å². The van der Waals surface area contributed by atoms with Crippen LogP contribution in [-0.2, 0) is 4.74 Å². The van der Waals surface area contributed by atoms with Crippen LogP contribution in [0.5, 0.6) is 5.75 Å². The Morgan fingerprint density at radius 2 is 1.97 bits per heavy atom. The van der Waals surface area contributed by atoms with Crippen molar-refractivity contribution in [1.29, 1.82) is 0 Å². The Morgan fingerprint density at radius 3 is 2.66 bits per heavy atom. The third-order valence-electron chi connectivity index (χ3n) is 4.28. The van der Waals surface area contributed by atoms with Crippen LogP contribution in [0.4, 0.5) is 10.6 Å². The number of carbonyl (C=O) groups is 1. The summed E-state index contributed by atoms with van der Waals surface area (Å²) in [6.45, 7) is 4.48. The van der Waals surface area contributed by atoms with E-state index in [4.69, 9.17) is 10.5 Å². The molecule has 2 heterocycles. The van der Waals surface area contributed by atoms with Crippen LogP contribution in [0.3, 0.4) is 0 Å². The molecule has 1 fully saturated rings. The van der Waals surface area contributed by atoms with Crippen molar-refractivity contribution >= 4 is 24.0 Å². The molecule has 0 atom stereocenters. The third-order valence-corrected chi connectivity index (χ3v) is 4.28. The van der Waals surface area contributed by atoms with Gasteiger partial charge in [0.2, 0.25) is 0 Å². The monoisotopic (exact) mass is 397 g/mol. The minimum absolute atomic E-state index is 0.138. The van der Waals surface area contributed by atoms with E-state index in [1.54, 1.807) is 42.3 Å². The highest BCUT2D eigenvalue weighted by Crippen LogP contribution is 2.14. The summed E-state index contributed by atoms with van der Waals surface area (Å²) < 4.78 is 5.03. The predicted octanol–water partition coefficient (Wildman–Crippen LogP) is 1.20. The normalized spacial score (nSPS) is 15.0. The average Bonchev–Trinajstić information content (AvgIpc) is 2.75. The van der Waals surface area contributed by atoms with E-state index in [1.807, 2.05) is 4.90 Å². The van der Waals surface area contributed by atoms with E-state index in [0.29, 0.717) is 44.3 Å². The number of amidine groups is 1. The SMILES string of the molecule is CCOC(=O)N1CCN(c2cncc(/C(N)=N\N=C\c3ccc(O)cc3)n2)CC1. The highest BCUT2D eigenvalue weighted by molar-refractivity contribution is 5.96. The molecule has 3 rings (SSSR count). The lowest BCUT2D eigenvalue weighted by atomic mass is 10.2. The first-order valence-corrected chi connectivity index (χ1v) is 9.21. The number of nitrogens with two attached hydrogens (primary N) is 1. The molecule has 1 aliphatic rings. The first-order valence-electron chi connectivity index (χ1n) is 9.21. The van der Waals surface area contributed by atoms with E-state index in [9.17, 15) is 9.90 Å². The molecule has 0 aliphatic carbocycles. The van der Waals surface area contributed by atoms with Crippen molar-refractivity contribution in [2.24, 2.45) is 15.9 Å². The zero-order valence-corrected chi connectivity index (χ0v) is 16.1. The number of anilines is 1. The van der Waals surface area contributed by atoms with Crippen LogP contribution < -0.4 is 10.6 Å². The molecule has 1 aromatic carbocycles. The topological polar surface area (TPSA) is 130 Å². The van der Waals surface area contributed by atoms with E-state index in [2.05, 4.69) is 20.2 Å². The molecular formula is C19H23N7O3. The van der Waals surface area contributed by atoms with Crippen molar-refractivity contribution in [3.05, 3.63) is 47.9 Å². The lowest BCUT2D eigenvalue weighted by Gasteiger charge is -2.34. The molecule has 152 valence electrons. The van der Waals surface area contributed by atoms with Gasteiger partial charge in [0.25, 0.3) is 0 Å². The van der Waals surface area contributed by atoms with Gasteiger partial charge in [-0.05, 0) is 36.8 Å². The summed E-state index contributed by atoms with van der Waals surface area (Å²) in [6, 6.07) is 6.54. The van der Waals surface area contributed by atoms with E-state index >= 15 is 0 Å². The number of amides is 1. The largest absolute Gasteiger partial charge is 0.508 e. The van der Waals surface area contributed by atoms with Crippen molar-refractivity contribution in [3.63, 3.8) is 0 Å². The summed E-state index contributed by atoms with van der Waals surface area (Å²) in [7, 11) is 0. The molecule has 1 aromatic heterocycles. The van der Waals surface area contributed by atoms with Crippen molar-refractivity contribution in [2.75, 3.05) is 37.7 Å². The molecule has 10 nitrogen and oxygen atoms in total. The summed E-state index contributed by atoms with van der Waals surface area (Å²) >= 11 is 0. The first kappa shape index (κ1) is 20.1. The van der Waals surface area contributed by atoms with Crippen molar-refractivity contribution < 1.29 is 14.6 Å². The van der Waals surface area contributed by atoms with Crippen LogP contribution in [0.2, 0.25) is 0 Å². The fraction of sp³-hybridized carbons (Fsp3) is 0.316. The fourth-order valence-corrected chi connectivity index (χ4v) is 2.73. The number of carbonyl (C=O) groups excluding carboxylic acids is 1. The lowest BCUT2D eigenvalue weighted by molar-refractivity contribution is 0.105. The molecule has 0 spiro atoms. The van der Waals surface area contributed by atoms with E-state index in [1.165, 1.54) is 12.4 Å². The summed E-state index contributed by atoms with van der Waals surface area (Å²) in [5.41, 5.74) is 7.17. The second-order valence-corrected chi connectivity index (χ2v) is 6.26. The number of rotatable bonds is 5. The maximum atomic E-state index is 11.8. The number of aromatic nitrogens is 2. The van der Waals surface area contributed by atoms with Crippen molar-refractivity contribution in [1.82, 2.24) is 14.9 Å². The minimum atomic E-state index is -0.296. The van der Waals surface area contributed by atoms with Crippen LogP contribution in [0.25, 0.3) is 0 Å². The highest BCUT2D eigenvalue weighted by Gasteiger charge is 2.23. The van der Waals surface area contributed by atoms with Crippen LogP contribution >= 0.6 is 0 Å². The molecule has 0 saturated carbocycles. The molecule has 2 aromatic rings. The maximum Gasteiger partial charge on any atom is 0.409 e. The molecular weight excluding hydrogens is 374 g/mol. The number of nitrogens with zero attached hydrogens (tertiary/aromatic N) is 6. The van der Waals surface area contributed by atoms with E-state index in [-0.39, 0.29) is 17.7 Å². The number of hydrogen-bond donors (Lipinski definition) is 2. The van der Waals surface area contributed by atoms with Gasteiger partial charge < -0.3 is 25.4 Å². The molecule has 1 aliphatic heterocycles. The van der Waals surface area contributed by atoms with Gasteiger partial charge in [0, 0.05) is 26.2 Å². The zero-order valence-electron chi connectivity index (χ0n) is 16.1. The van der Waals surface area contributed by atoms with E-state index in [0.717, 1.165) is 5.56 Å². The smallest absolute Gasteiger partial charge is 0.409 e. The molecule has 0 radical (unpaired) electrons. The lowest BCUT2D eigenvalue weighted by Crippen LogP contribution is -2.49. The molecule has 0 unspecified atom stereocenters. The number of phenols is 1. The number of aromatic hydroxyl groups is 1. The van der Waals surface area contributed by atoms with Gasteiger partial charge >= 0.3 is 6.09 Å². The number of piperazine rings is 1. The Morgan fingerprint density at radius 1 is 1.24 bits per heavy atom. The Bertz CT molecular complexity index is 891. The van der Waals surface area contributed by atoms with Crippen LogP contribution in [0, 0.1) is 0 Å². The summed E-state index contributed by atoms with van der Waals surface area (Å²) in [4.78, 5) is 24.2. The Hall–Kier alpha value is -3.69. The summed E-state index contributed by atoms with van der Waals surface area (Å²) in [5.74, 6) is 0.978. The van der Waals surface area contributed by atoms with E-state index < -0.39 is 0 Å². The Balaban J connectivity index is 1.63. The van der Waals surface area contributed by atoms with Crippen LogP contribution in [0.15, 0.2) is 46.9 Å². The summed E-state index contributed by atoms with van der Waals surface area (Å²) in [6.07, 6.45) is 4.40. The van der Waals surface area contributed by atoms with Crippen LogP contribution in [0.1, 0.15) is 18.2 Å². The van der Waals surface area contributed by atoms with Crippen molar-refractivity contribution in [2.45, 2.75) is 6.92 Å². The van der Waals surface area contributed by atoms with Gasteiger partial charge in [-0.15, -0.1) is 5.10 Å². The van der Waals surface area contributed by atoms with Gasteiger partial charge in [-0.3, -0.25) is 4.98 Å². The highest BCUT2D eigenvalue weighted by atomic mass is 16.6. The minimum Gasteiger partial charge on any atom is -0.508 e. The van der Waals surface area contributed by atoms with Gasteiger partial charge in [0.15, 0.2) is 5.84 Å². The number of ether oxygens (including phenoxy) is 1. The Kier molecular flexibility index (Phi) is 6.56. The van der Waals surface area contributed by atoms with Gasteiger partial charge in [-0.1, -0.05) is 0 Å². The van der Waals surface area contributed by atoms with Gasteiger partial charge in [0.05, 0.1) is 25.2 Å². The van der Waals surface area contributed by atoms with Gasteiger partial charge in [-0.25, -0.2) is 9.78 Å². The molecule has 1 saturated heterocycles. The fourth-order valence-electron chi connectivity index (χ4n) is 2.73. The van der Waals surface area contributed by atoms with Crippen LogP contribution in [-0.4, -0.2) is 70.9 Å². The molecule has 10 heteroatoms. The molecule has 1 amide bonds. The van der Waals surface area contributed by atoms with Crippen molar-refractivity contribution in [3.8, 4) is 5.75 Å². The summed E-state index contributed by atoms with van der Waals surface area (Å²) in [5, 5.41) is 17.2. The molecule has 29 heavy (non-hydrogen) atoms. The molecule has 3 N–H and O–H groups in total.